The van der Waals surface area contributed by atoms with Crippen LogP contribution in [0.25, 0.3) is 0 Å². The van der Waals surface area contributed by atoms with E-state index >= 15 is 0 Å². The highest BCUT2D eigenvalue weighted by Gasteiger charge is 2.23. The van der Waals surface area contributed by atoms with Crippen LogP contribution in [0.4, 0.5) is 0 Å². The van der Waals surface area contributed by atoms with E-state index in [0.717, 1.165) is 19.4 Å². The van der Waals surface area contributed by atoms with Gasteiger partial charge in [0.2, 0.25) is 10.0 Å². The van der Waals surface area contributed by atoms with Crippen LogP contribution >= 0.6 is 0 Å². The van der Waals surface area contributed by atoms with E-state index in [-0.39, 0.29) is 10.7 Å². The Morgan fingerprint density at radius 2 is 1.82 bits per heavy atom. The topological polar surface area (TPSA) is 58.2 Å². The summed E-state index contributed by atoms with van der Waals surface area (Å²) in [6.45, 7) is 11.9. The molecule has 1 unspecified atom stereocenters. The number of nitrogens with one attached hydrogen (secondary N) is 2. The van der Waals surface area contributed by atoms with Gasteiger partial charge in [-0.1, -0.05) is 27.7 Å². The summed E-state index contributed by atoms with van der Waals surface area (Å²) < 4.78 is 26.6. The fraction of sp³-hybridized carbons (Fsp3) is 1.00. The summed E-state index contributed by atoms with van der Waals surface area (Å²) in [5, 5.41) is 2.75. The molecule has 0 radical (unpaired) electrons. The molecule has 4 nitrogen and oxygen atoms in total. The zero-order chi connectivity index (χ0) is 13.5. The van der Waals surface area contributed by atoms with Crippen LogP contribution in [0.1, 0.15) is 47.5 Å². The summed E-state index contributed by atoms with van der Waals surface area (Å²) in [7, 11) is -3.20. The molecule has 0 saturated carbocycles. The Hall–Kier alpha value is -0.130. The van der Waals surface area contributed by atoms with Crippen LogP contribution in [-0.4, -0.2) is 33.3 Å². The highest BCUT2D eigenvalue weighted by molar-refractivity contribution is 7.90. The second-order valence-corrected chi connectivity index (χ2v) is 7.58. The van der Waals surface area contributed by atoms with E-state index < -0.39 is 10.0 Å². The quantitative estimate of drug-likeness (QED) is 0.624. The third-order valence-electron chi connectivity index (χ3n) is 3.10. The second-order valence-electron chi connectivity index (χ2n) is 5.40. The van der Waals surface area contributed by atoms with Crippen molar-refractivity contribution in [2.45, 2.75) is 52.7 Å². The maximum absolute atomic E-state index is 11.9. The molecule has 0 fully saturated rings. The Morgan fingerprint density at radius 1 is 1.24 bits per heavy atom. The first-order valence-electron chi connectivity index (χ1n) is 6.44. The Kier molecular flexibility index (Phi) is 7.28. The van der Waals surface area contributed by atoms with Gasteiger partial charge in [0.1, 0.15) is 0 Å². The van der Waals surface area contributed by atoms with Gasteiger partial charge in [-0.25, -0.2) is 13.1 Å². The van der Waals surface area contributed by atoms with Gasteiger partial charge >= 0.3 is 0 Å². The summed E-state index contributed by atoms with van der Waals surface area (Å²) in [4.78, 5) is 0. The third-order valence-corrected chi connectivity index (χ3v) is 4.87. The Bertz CT molecular complexity index is 300. The molecule has 0 saturated heterocycles. The summed E-state index contributed by atoms with van der Waals surface area (Å²) in [5.74, 6) is 0. The number of hydrogen-bond acceptors (Lipinski definition) is 3. The van der Waals surface area contributed by atoms with Crippen molar-refractivity contribution >= 4 is 10.0 Å². The van der Waals surface area contributed by atoms with Crippen molar-refractivity contribution in [3.05, 3.63) is 0 Å². The van der Waals surface area contributed by atoms with E-state index in [0.29, 0.717) is 13.1 Å². The van der Waals surface area contributed by atoms with E-state index in [1.807, 2.05) is 0 Å². The highest BCUT2D eigenvalue weighted by Crippen LogP contribution is 2.18. The number of rotatable bonds is 9. The van der Waals surface area contributed by atoms with Gasteiger partial charge in [-0.15, -0.1) is 0 Å². The lowest BCUT2D eigenvalue weighted by Gasteiger charge is -2.24. The first kappa shape index (κ1) is 16.9. The lowest BCUT2D eigenvalue weighted by molar-refractivity contribution is 0.349. The summed E-state index contributed by atoms with van der Waals surface area (Å²) in [6, 6.07) is 0. The van der Waals surface area contributed by atoms with Gasteiger partial charge in [-0.2, -0.15) is 0 Å². The minimum absolute atomic E-state index is 0.0175. The molecule has 0 amide bonds. The fourth-order valence-electron chi connectivity index (χ4n) is 1.16. The maximum Gasteiger partial charge on any atom is 0.215 e. The summed E-state index contributed by atoms with van der Waals surface area (Å²) in [6.07, 6.45) is 1.97. The predicted molar refractivity (Wildman–Crippen MR) is 73.6 cm³/mol. The van der Waals surface area contributed by atoms with E-state index in [9.17, 15) is 8.42 Å². The molecule has 104 valence electrons. The molecular formula is C12H28N2O2S. The van der Waals surface area contributed by atoms with E-state index in [1.165, 1.54) is 0 Å². The van der Waals surface area contributed by atoms with E-state index in [4.69, 9.17) is 0 Å². The van der Waals surface area contributed by atoms with Crippen molar-refractivity contribution in [2.75, 3.05) is 19.6 Å². The molecule has 0 aromatic rings. The molecular weight excluding hydrogens is 236 g/mol. The van der Waals surface area contributed by atoms with Crippen LogP contribution in [-0.2, 0) is 10.0 Å². The normalized spacial score (nSPS) is 14.9. The molecule has 1 atom stereocenters. The van der Waals surface area contributed by atoms with Gasteiger partial charge in [0.25, 0.3) is 0 Å². The van der Waals surface area contributed by atoms with Crippen molar-refractivity contribution in [3.63, 3.8) is 0 Å². The van der Waals surface area contributed by atoms with E-state index in [1.54, 1.807) is 6.92 Å². The monoisotopic (exact) mass is 264 g/mol. The molecule has 0 bridgehead atoms. The average molecular weight is 264 g/mol. The van der Waals surface area contributed by atoms with Crippen molar-refractivity contribution in [2.24, 2.45) is 5.41 Å². The molecule has 0 aliphatic rings. The lowest BCUT2D eigenvalue weighted by Crippen LogP contribution is -2.42. The molecule has 0 aromatic heterocycles. The Morgan fingerprint density at radius 3 is 2.29 bits per heavy atom. The standard InChI is InChI=1S/C12H28N2O2S/c1-6-8-13-9-11(3)17(15,16)14-10-12(4,5)7-2/h11,13-14H,6-10H2,1-5H3. The third kappa shape index (κ3) is 7.01. The van der Waals surface area contributed by atoms with Gasteiger partial charge in [0, 0.05) is 13.1 Å². The van der Waals surface area contributed by atoms with Crippen LogP contribution < -0.4 is 10.0 Å². The lowest BCUT2D eigenvalue weighted by atomic mass is 9.91. The van der Waals surface area contributed by atoms with Crippen molar-refractivity contribution in [3.8, 4) is 0 Å². The summed E-state index contributed by atoms with van der Waals surface area (Å²) >= 11 is 0. The second kappa shape index (κ2) is 7.34. The molecule has 0 aromatic carbocycles. The van der Waals surface area contributed by atoms with Gasteiger partial charge in [-0.3, -0.25) is 0 Å². The molecule has 17 heavy (non-hydrogen) atoms. The Labute approximate surface area is 107 Å². The van der Waals surface area contributed by atoms with E-state index in [2.05, 4.69) is 37.7 Å². The molecule has 0 rings (SSSR count). The zero-order valence-corrected chi connectivity index (χ0v) is 12.7. The van der Waals surface area contributed by atoms with Crippen molar-refractivity contribution in [1.29, 1.82) is 0 Å². The SMILES string of the molecule is CCCNCC(C)S(=O)(=O)NCC(C)(C)CC. The first-order valence-corrected chi connectivity index (χ1v) is 7.99. The molecule has 0 aliphatic carbocycles. The number of hydrogen-bond donors (Lipinski definition) is 2. The minimum Gasteiger partial charge on any atom is -0.315 e. The van der Waals surface area contributed by atoms with Crippen LogP contribution in [0.5, 0.6) is 0 Å². The van der Waals surface area contributed by atoms with Gasteiger partial charge < -0.3 is 5.32 Å². The van der Waals surface area contributed by atoms with Gasteiger partial charge in [0.15, 0.2) is 0 Å². The molecule has 0 aliphatic heterocycles. The molecule has 5 heteroatoms. The maximum atomic E-state index is 11.9. The summed E-state index contributed by atoms with van der Waals surface area (Å²) in [5.41, 5.74) is 0.0175. The molecule has 2 N–H and O–H groups in total. The zero-order valence-electron chi connectivity index (χ0n) is 11.8. The van der Waals surface area contributed by atoms with Crippen LogP contribution in [0.2, 0.25) is 0 Å². The number of sulfonamides is 1. The molecule has 0 heterocycles. The smallest absolute Gasteiger partial charge is 0.215 e. The fourth-order valence-corrected chi connectivity index (χ4v) is 2.37. The first-order chi connectivity index (χ1) is 7.75. The predicted octanol–water partition coefficient (Wildman–Crippen LogP) is 1.73. The van der Waals surface area contributed by atoms with Crippen molar-refractivity contribution < 1.29 is 8.42 Å². The van der Waals surface area contributed by atoms with Gasteiger partial charge in [-0.05, 0) is 31.7 Å². The highest BCUT2D eigenvalue weighted by atomic mass is 32.2. The average Bonchev–Trinajstić information content (AvgIpc) is 2.27. The van der Waals surface area contributed by atoms with Crippen LogP contribution in [0, 0.1) is 5.41 Å². The largest absolute Gasteiger partial charge is 0.315 e. The van der Waals surface area contributed by atoms with Crippen LogP contribution in [0.3, 0.4) is 0 Å². The Balaban J connectivity index is 4.19. The van der Waals surface area contributed by atoms with Crippen molar-refractivity contribution in [1.82, 2.24) is 10.0 Å². The minimum atomic E-state index is -3.20. The molecule has 0 spiro atoms. The van der Waals surface area contributed by atoms with Crippen LogP contribution in [0.15, 0.2) is 0 Å². The van der Waals surface area contributed by atoms with Gasteiger partial charge in [0.05, 0.1) is 5.25 Å².